The summed E-state index contributed by atoms with van der Waals surface area (Å²) in [5.74, 6) is 0.601. The Morgan fingerprint density at radius 3 is 2.65 bits per heavy atom. The van der Waals surface area contributed by atoms with Crippen LogP contribution in [0.5, 0.6) is 5.75 Å². The van der Waals surface area contributed by atoms with Crippen molar-refractivity contribution in [2.75, 3.05) is 25.5 Å². The van der Waals surface area contributed by atoms with Crippen LogP contribution in [0.15, 0.2) is 23.1 Å². The summed E-state index contributed by atoms with van der Waals surface area (Å²) < 4.78 is 27.7. The van der Waals surface area contributed by atoms with E-state index < -0.39 is 10.0 Å². The van der Waals surface area contributed by atoms with E-state index in [0.717, 1.165) is 13.1 Å². The first-order valence-corrected chi connectivity index (χ1v) is 6.73. The molecule has 1 aliphatic rings. The molecule has 0 atom stereocenters. The maximum atomic E-state index is 11.3. The molecular formula is C10H15N3O3S. The molecule has 17 heavy (non-hydrogen) atoms. The topological polar surface area (TPSA) is 93.5 Å². The van der Waals surface area contributed by atoms with Crippen molar-refractivity contribution in [2.24, 2.45) is 5.14 Å². The van der Waals surface area contributed by atoms with E-state index in [-0.39, 0.29) is 4.90 Å². The monoisotopic (exact) mass is 257 g/mol. The molecule has 1 aromatic carbocycles. The lowest BCUT2D eigenvalue weighted by Crippen LogP contribution is -2.51. The van der Waals surface area contributed by atoms with Gasteiger partial charge in [0.2, 0.25) is 10.0 Å². The first-order chi connectivity index (χ1) is 8.00. The summed E-state index contributed by atoms with van der Waals surface area (Å²) in [5.41, 5.74) is 0.644. The van der Waals surface area contributed by atoms with Gasteiger partial charge in [0.15, 0.2) is 0 Å². The first-order valence-electron chi connectivity index (χ1n) is 5.19. The molecule has 1 aromatic rings. The molecule has 0 spiro atoms. The number of hydrogen-bond acceptors (Lipinski definition) is 5. The zero-order chi connectivity index (χ0) is 12.5. The van der Waals surface area contributed by atoms with E-state index in [0.29, 0.717) is 17.5 Å². The Balaban J connectivity index is 2.32. The fourth-order valence-corrected chi connectivity index (χ4v) is 2.13. The van der Waals surface area contributed by atoms with Gasteiger partial charge in [0.05, 0.1) is 23.7 Å². The SMILES string of the molecule is COc1ccc(S(N)(=O)=O)cc1NC1CNC1. The maximum Gasteiger partial charge on any atom is 0.238 e. The zero-order valence-electron chi connectivity index (χ0n) is 9.43. The maximum absolute atomic E-state index is 11.3. The molecule has 1 fully saturated rings. The van der Waals surface area contributed by atoms with E-state index >= 15 is 0 Å². The van der Waals surface area contributed by atoms with Gasteiger partial charge in [-0.25, -0.2) is 13.6 Å². The molecule has 0 bridgehead atoms. The molecule has 4 N–H and O–H groups in total. The Bertz CT molecular complexity index is 512. The zero-order valence-corrected chi connectivity index (χ0v) is 10.3. The molecule has 0 unspecified atom stereocenters. The highest BCUT2D eigenvalue weighted by Crippen LogP contribution is 2.27. The summed E-state index contributed by atoms with van der Waals surface area (Å²) in [6.07, 6.45) is 0. The number of methoxy groups -OCH3 is 1. The number of rotatable bonds is 4. The number of benzene rings is 1. The largest absolute Gasteiger partial charge is 0.495 e. The molecule has 0 saturated carbocycles. The van der Waals surface area contributed by atoms with Crippen molar-refractivity contribution in [3.63, 3.8) is 0 Å². The van der Waals surface area contributed by atoms with Gasteiger partial charge in [-0.3, -0.25) is 0 Å². The van der Waals surface area contributed by atoms with Crippen LogP contribution in [0, 0.1) is 0 Å². The first kappa shape index (κ1) is 12.2. The van der Waals surface area contributed by atoms with Gasteiger partial charge in [0.25, 0.3) is 0 Å². The number of nitrogens with two attached hydrogens (primary N) is 1. The lowest BCUT2D eigenvalue weighted by Gasteiger charge is -2.29. The molecule has 0 amide bonds. The van der Waals surface area contributed by atoms with Crippen molar-refractivity contribution in [2.45, 2.75) is 10.9 Å². The van der Waals surface area contributed by atoms with Crippen LogP contribution in [0.4, 0.5) is 5.69 Å². The third kappa shape index (κ3) is 2.68. The number of primary sulfonamides is 1. The molecule has 2 rings (SSSR count). The van der Waals surface area contributed by atoms with Crippen LogP contribution in [0.25, 0.3) is 0 Å². The Morgan fingerprint density at radius 1 is 1.47 bits per heavy atom. The molecule has 0 aliphatic carbocycles. The van der Waals surface area contributed by atoms with Crippen LogP contribution in [-0.2, 0) is 10.0 Å². The molecule has 7 heteroatoms. The third-order valence-corrected chi connectivity index (χ3v) is 3.55. The molecule has 6 nitrogen and oxygen atoms in total. The Hall–Kier alpha value is -1.31. The lowest BCUT2D eigenvalue weighted by molar-refractivity contribution is 0.412. The molecule has 0 radical (unpaired) electrons. The predicted molar refractivity (Wildman–Crippen MR) is 64.6 cm³/mol. The van der Waals surface area contributed by atoms with Crippen LogP contribution in [-0.4, -0.2) is 34.7 Å². The average molecular weight is 257 g/mol. The second-order valence-corrected chi connectivity index (χ2v) is 5.47. The number of ether oxygens (including phenoxy) is 1. The van der Waals surface area contributed by atoms with Gasteiger partial charge in [-0.2, -0.15) is 0 Å². The summed E-state index contributed by atoms with van der Waals surface area (Å²) in [6, 6.07) is 4.80. The fraction of sp³-hybridized carbons (Fsp3) is 0.400. The van der Waals surface area contributed by atoms with Crippen LogP contribution in [0.1, 0.15) is 0 Å². The lowest BCUT2D eigenvalue weighted by atomic mass is 10.1. The minimum atomic E-state index is -3.69. The number of hydrogen-bond donors (Lipinski definition) is 3. The van der Waals surface area contributed by atoms with E-state index in [1.54, 1.807) is 6.07 Å². The molecule has 1 heterocycles. The second-order valence-electron chi connectivity index (χ2n) is 3.91. The standard InChI is InChI=1S/C10H15N3O3S/c1-16-10-3-2-8(17(11,14)15)4-9(10)13-7-5-12-6-7/h2-4,7,12-13H,5-6H2,1H3,(H2,11,14,15). The number of anilines is 1. The van der Waals surface area contributed by atoms with Gasteiger partial charge >= 0.3 is 0 Å². The molecule has 1 aliphatic heterocycles. The molecule has 1 saturated heterocycles. The van der Waals surface area contributed by atoms with E-state index in [4.69, 9.17) is 9.88 Å². The van der Waals surface area contributed by atoms with Crippen molar-refractivity contribution in [3.05, 3.63) is 18.2 Å². The van der Waals surface area contributed by atoms with Gasteiger partial charge in [0, 0.05) is 13.1 Å². The van der Waals surface area contributed by atoms with Crippen LogP contribution >= 0.6 is 0 Å². The van der Waals surface area contributed by atoms with E-state index in [2.05, 4.69) is 10.6 Å². The minimum absolute atomic E-state index is 0.0769. The highest BCUT2D eigenvalue weighted by Gasteiger charge is 2.19. The minimum Gasteiger partial charge on any atom is -0.495 e. The third-order valence-electron chi connectivity index (χ3n) is 2.64. The summed E-state index contributed by atoms with van der Waals surface area (Å²) in [4.78, 5) is 0.0769. The smallest absolute Gasteiger partial charge is 0.238 e. The number of nitrogens with one attached hydrogen (secondary N) is 2. The van der Waals surface area contributed by atoms with E-state index in [9.17, 15) is 8.42 Å². The predicted octanol–water partition coefficient (Wildman–Crippen LogP) is -0.274. The Kier molecular flexibility index (Phi) is 3.23. The molecule has 0 aromatic heterocycles. The van der Waals surface area contributed by atoms with Crippen LogP contribution in [0.3, 0.4) is 0 Å². The summed E-state index contributed by atoms with van der Waals surface area (Å²) >= 11 is 0. The van der Waals surface area contributed by atoms with E-state index in [1.165, 1.54) is 19.2 Å². The van der Waals surface area contributed by atoms with Gasteiger partial charge in [-0.1, -0.05) is 0 Å². The Labute approximate surface area is 100 Å². The van der Waals surface area contributed by atoms with Crippen molar-refractivity contribution < 1.29 is 13.2 Å². The summed E-state index contributed by atoms with van der Waals surface area (Å²) in [7, 11) is -2.15. The van der Waals surface area contributed by atoms with Crippen LogP contribution in [0.2, 0.25) is 0 Å². The number of sulfonamides is 1. The second kappa shape index (κ2) is 4.52. The molecular weight excluding hydrogens is 242 g/mol. The summed E-state index contributed by atoms with van der Waals surface area (Å²) in [5, 5.41) is 11.4. The quantitative estimate of drug-likeness (QED) is 0.690. The highest BCUT2D eigenvalue weighted by atomic mass is 32.2. The highest BCUT2D eigenvalue weighted by molar-refractivity contribution is 7.89. The fourth-order valence-electron chi connectivity index (χ4n) is 1.59. The van der Waals surface area contributed by atoms with Gasteiger partial charge in [0.1, 0.15) is 5.75 Å². The van der Waals surface area contributed by atoms with Crippen LogP contribution < -0.4 is 20.5 Å². The van der Waals surface area contributed by atoms with Crippen molar-refractivity contribution >= 4 is 15.7 Å². The van der Waals surface area contributed by atoms with Crippen molar-refractivity contribution in [1.82, 2.24) is 5.32 Å². The Morgan fingerprint density at radius 2 is 2.18 bits per heavy atom. The average Bonchev–Trinajstić information content (AvgIpc) is 2.22. The van der Waals surface area contributed by atoms with Gasteiger partial charge < -0.3 is 15.4 Å². The van der Waals surface area contributed by atoms with Gasteiger partial charge in [-0.05, 0) is 18.2 Å². The summed E-state index contributed by atoms with van der Waals surface area (Å²) in [6.45, 7) is 1.70. The van der Waals surface area contributed by atoms with Crippen molar-refractivity contribution in [3.8, 4) is 5.75 Å². The van der Waals surface area contributed by atoms with Crippen molar-refractivity contribution in [1.29, 1.82) is 0 Å². The van der Waals surface area contributed by atoms with E-state index in [1.807, 2.05) is 0 Å². The normalized spacial score (nSPS) is 16.4. The van der Waals surface area contributed by atoms with Gasteiger partial charge in [-0.15, -0.1) is 0 Å². The molecule has 94 valence electrons.